The predicted molar refractivity (Wildman–Crippen MR) is 109 cm³/mol. The number of rotatable bonds is 4. The number of H-pyrrole nitrogens is 1. The third-order valence-corrected chi connectivity index (χ3v) is 6.84. The molecule has 1 saturated heterocycles. The van der Waals surface area contributed by atoms with Crippen molar-refractivity contribution in [2.45, 2.75) is 18.9 Å². The van der Waals surface area contributed by atoms with E-state index in [9.17, 15) is 18.3 Å². The van der Waals surface area contributed by atoms with Crippen LogP contribution in [-0.2, 0) is 10.0 Å². The molecular weight excluding hydrogens is 400 g/mol. The Morgan fingerprint density at radius 2 is 1.96 bits per heavy atom. The molecule has 1 aliphatic rings. The van der Waals surface area contributed by atoms with Gasteiger partial charge in [-0.2, -0.15) is 4.31 Å². The first-order valence-corrected chi connectivity index (χ1v) is 11.1. The number of nitrogens with zero attached hydrogens (tertiary/aromatic N) is 1. The summed E-state index contributed by atoms with van der Waals surface area (Å²) in [5.41, 5.74) is 3.37. The lowest BCUT2D eigenvalue weighted by Gasteiger charge is -2.22. The monoisotopic (exact) mass is 418 g/mol. The summed E-state index contributed by atoms with van der Waals surface area (Å²) < 4.78 is 25.5. The quantitative estimate of drug-likeness (QED) is 0.661. The van der Waals surface area contributed by atoms with Crippen LogP contribution in [-0.4, -0.2) is 41.6 Å². The standard InChI is InChI=1S/C20H19ClN2O4S/c1-28(26,27)23-8-2-3-19(23)13-6-4-12(5-7-13)14-9-15-16(20(24)25)11-22-18(15)10-17(14)21/h4-7,9-11,19,22H,2-3,8H2,1H3,(H,24,25). The molecule has 146 valence electrons. The van der Waals surface area contributed by atoms with Crippen molar-refractivity contribution in [1.29, 1.82) is 0 Å². The number of nitrogens with one attached hydrogen (secondary N) is 1. The van der Waals surface area contributed by atoms with Crippen molar-refractivity contribution in [2.24, 2.45) is 0 Å². The molecule has 0 aliphatic carbocycles. The normalized spacial score (nSPS) is 18.0. The Morgan fingerprint density at radius 1 is 1.25 bits per heavy atom. The van der Waals surface area contributed by atoms with Crippen LogP contribution in [0.3, 0.4) is 0 Å². The van der Waals surface area contributed by atoms with Crippen molar-refractivity contribution in [1.82, 2.24) is 9.29 Å². The molecule has 1 unspecified atom stereocenters. The number of fused-ring (bicyclic) bond motifs is 1. The van der Waals surface area contributed by atoms with Gasteiger partial charge in [0.15, 0.2) is 0 Å². The zero-order valence-corrected chi connectivity index (χ0v) is 16.7. The first-order valence-electron chi connectivity index (χ1n) is 8.87. The number of aromatic nitrogens is 1. The number of carbonyl (C=O) groups is 1. The average molecular weight is 419 g/mol. The SMILES string of the molecule is CS(=O)(=O)N1CCCC1c1ccc(-c2cc3c(C(=O)O)c[nH]c3cc2Cl)cc1. The largest absolute Gasteiger partial charge is 0.478 e. The molecule has 2 N–H and O–H groups in total. The van der Waals surface area contributed by atoms with Gasteiger partial charge in [-0.1, -0.05) is 35.9 Å². The maximum atomic E-state index is 12.0. The van der Waals surface area contributed by atoms with E-state index in [1.54, 1.807) is 16.4 Å². The van der Waals surface area contributed by atoms with E-state index >= 15 is 0 Å². The van der Waals surface area contributed by atoms with Gasteiger partial charge in [0.1, 0.15) is 0 Å². The molecule has 6 nitrogen and oxygen atoms in total. The second-order valence-corrected chi connectivity index (χ2v) is 9.38. The van der Waals surface area contributed by atoms with Crippen molar-refractivity contribution in [3.8, 4) is 11.1 Å². The van der Waals surface area contributed by atoms with Gasteiger partial charge in [-0.25, -0.2) is 13.2 Å². The fourth-order valence-corrected chi connectivity index (χ4v) is 5.32. The van der Waals surface area contributed by atoms with E-state index in [-0.39, 0.29) is 11.6 Å². The van der Waals surface area contributed by atoms with Crippen molar-refractivity contribution in [3.63, 3.8) is 0 Å². The lowest BCUT2D eigenvalue weighted by atomic mass is 9.98. The van der Waals surface area contributed by atoms with Crippen LogP contribution >= 0.6 is 11.6 Å². The molecule has 0 saturated carbocycles. The molecule has 1 aliphatic heterocycles. The Morgan fingerprint density at radius 3 is 2.61 bits per heavy atom. The zero-order chi connectivity index (χ0) is 20.1. The predicted octanol–water partition coefficient (Wildman–Crippen LogP) is 4.28. The summed E-state index contributed by atoms with van der Waals surface area (Å²) in [4.78, 5) is 14.3. The van der Waals surface area contributed by atoms with Crippen molar-refractivity contribution in [2.75, 3.05) is 12.8 Å². The summed E-state index contributed by atoms with van der Waals surface area (Å²) in [7, 11) is -3.25. The molecule has 4 rings (SSSR count). The Balaban J connectivity index is 1.72. The first-order chi connectivity index (χ1) is 13.3. The molecule has 2 aromatic carbocycles. The summed E-state index contributed by atoms with van der Waals surface area (Å²) in [6, 6.07) is 11.0. The number of sulfonamides is 1. The van der Waals surface area contributed by atoms with Crippen molar-refractivity contribution in [3.05, 3.63) is 58.7 Å². The Labute approximate surface area is 167 Å². The minimum Gasteiger partial charge on any atom is -0.478 e. The Hall–Kier alpha value is -2.35. The maximum Gasteiger partial charge on any atom is 0.337 e. The summed E-state index contributed by atoms with van der Waals surface area (Å²) in [6.07, 6.45) is 4.33. The summed E-state index contributed by atoms with van der Waals surface area (Å²) in [5.74, 6) is -1.00. The number of halogens is 1. The number of hydrogen-bond donors (Lipinski definition) is 2. The molecule has 2 heterocycles. The van der Waals surface area contributed by atoms with Crippen LogP contribution in [0.4, 0.5) is 0 Å². The highest BCUT2D eigenvalue weighted by molar-refractivity contribution is 7.88. The van der Waals surface area contributed by atoms with Gasteiger partial charge in [-0.05, 0) is 36.1 Å². The molecule has 0 amide bonds. The van der Waals surface area contributed by atoms with Gasteiger partial charge in [-0.3, -0.25) is 0 Å². The Bertz CT molecular complexity index is 1170. The average Bonchev–Trinajstić information content (AvgIpc) is 3.27. The second kappa shape index (κ2) is 6.92. The summed E-state index contributed by atoms with van der Waals surface area (Å²) in [6.45, 7) is 0.541. The molecule has 0 spiro atoms. The second-order valence-electron chi connectivity index (χ2n) is 7.04. The van der Waals surface area contributed by atoms with Gasteiger partial charge in [0.05, 0.1) is 16.8 Å². The van der Waals surface area contributed by atoms with Crippen molar-refractivity contribution < 1.29 is 18.3 Å². The number of aromatic amines is 1. The molecule has 0 radical (unpaired) electrons. The molecular formula is C20H19ClN2O4S. The lowest BCUT2D eigenvalue weighted by molar-refractivity contribution is 0.0699. The summed E-state index contributed by atoms with van der Waals surface area (Å²) >= 11 is 6.42. The van der Waals surface area contributed by atoms with Gasteiger partial charge in [0, 0.05) is 35.2 Å². The van der Waals surface area contributed by atoms with Gasteiger partial charge < -0.3 is 10.1 Å². The van der Waals surface area contributed by atoms with Crippen LogP contribution in [0.15, 0.2) is 42.6 Å². The third-order valence-electron chi connectivity index (χ3n) is 5.24. The van der Waals surface area contributed by atoms with E-state index < -0.39 is 16.0 Å². The molecule has 1 fully saturated rings. The maximum absolute atomic E-state index is 12.0. The van der Waals surface area contributed by atoms with E-state index in [4.69, 9.17) is 11.6 Å². The van der Waals surface area contributed by atoms with E-state index in [1.165, 1.54) is 12.5 Å². The topological polar surface area (TPSA) is 90.5 Å². The van der Waals surface area contributed by atoms with Crippen LogP contribution < -0.4 is 0 Å². The minimum absolute atomic E-state index is 0.148. The minimum atomic E-state index is -3.25. The van der Waals surface area contributed by atoms with Gasteiger partial charge >= 0.3 is 5.97 Å². The van der Waals surface area contributed by atoms with E-state index in [2.05, 4.69) is 4.98 Å². The number of benzene rings is 2. The van der Waals surface area contributed by atoms with Crippen LogP contribution in [0.25, 0.3) is 22.0 Å². The van der Waals surface area contributed by atoms with Crippen LogP contribution in [0, 0.1) is 0 Å². The highest BCUT2D eigenvalue weighted by Gasteiger charge is 2.32. The molecule has 0 bridgehead atoms. The zero-order valence-electron chi connectivity index (χ0n) is 15.1. The Kier molecular flexibility index (Phi) is 4.69. The summed E-state index contributed by atoms with van der Waals surface area (Å²) in [5, 5.41) is 10.4. The van der Waals surface area contributed by atoms with E-state index in [1.807, 2.05) is 24.3 Å². The van der Waals surface area contributed by atoms with Gasteiger partial charge in [-0.15, -0.1) is 0 Å². The molecule has 1 aromatic heterocycles. The van der Waals surface area contributed by atoms with Crippen LogP contribution in [0.1, 0.15) is 34.8 Å². The van der Waals surface area contributed by atoms with E-state index in [0.717, 1.165) is 29.5 Å². The number of hydrogen-bond acceptors (Lipinski definition) is 3. The third kappa shape index (κ3) is 3.30. The van der Waals surface area contributed by atoms with Crippen LogP contribution in [0.2, 0.25) is 5.02 Å². The molecule has 28 heavy (non-hydrogen) atoms. The van der Waals surface area contributed by atoms with Gasteiger partial charge in [0.2, 0.25) is 10.0 Å². The van der Waals surface area contributed by atoms with Crippen LogP contribution in [0.5, 0.6) is 0 Å². The first kappa shape index (κ1) is 19.0. The molecule has 1 atom stereocenters. The smallest absolute Gasteiger partial charge is 0.337 e. The number of carboxylic acids is 1. The molecule has 3 aromatic rings. The van der Waals surface area contributed by atoms with Gasteiger partial charge in [0.25, 0.3) is 0 Å². The fraction of sp³-hybridized carbons (Fsp3) is 0.250. The fourth-order valence-electron chi connectivity index (χ4n) is 3.90. The number of carboxylic acid groups (broad SMARTS) is 1. The van der Waals surface area contributed by atoms with Crippen molar-refractivity contribution >= 4 is 38.5 Å². The lowest BCUT2D eigenvalue weighted by Crippen LogP contribution is -2.29. The molecule has 8 heteroatoms. The number of aromatic carboxylic acids is 1. The van der Waals surface area contributed by atoms with E-state index in [0.29, 0.717) is 22.5 Å². The highest BCUT2D eigenvalue weighted by Crippen LogP contribution is 2.37. The highest BCUT2D eigenvalue weighted by atomic mass is 35.5.